The van der Waals surface area contributed by atoms with Gasteiger partial charge in [-0.3, -0.25) is 4.52 Å². The number of hydrogen-bond donors (Lipinski definition) is 8. The van der Waals surface area contributed by atoms with E-state index in [0.717, 1.165) is 0 Å². The van der Waals surface area contributed by atoms with Gasteiger partial charge in [-0.05, 0) is 0 Å². The summed E-state index contributed by atoms with van der Waals surface area (Å²) < 4.78 is 25.2. The Hall–Kier alpha value is -0.210. The molecule has 138 valence electrons. The predicted octanol–water partition coefficient (Wildman–Crippen LogP) is -4.37. The lowest BCUT2D eigenvalue weighted by Crippen LogP contribution is -2.43. The van der Waals surface area contributed by atoms with Gasteiger partial charge in [0.05, 0.1) is 19.8 Å². The normalized spacial score (nSPS) is 32.7. The van der Waals surface area contributed by atoms with Crippen molar-refractivity contribution in [1.29, 1.82) is 0 Å². The molecule has 8 N–H and O–H groups in total. The van der Waals surface area contributed by atoms with Crippen LogP contribution in [0.2, 0.25) is 0 Å². The summed E-state index contributed by atoms with van der Waals surface area (Å²) in [5.74, 6) is 0. The highest BCUT2D eigenvalue weighted by Gasteiger charge is 2.48. The first-order valence-corrected chi connectivity index (χ1v) is 8.08. The molecule has 1 aliphatic rings. The molecule has 12 nitrogen and oxygen atoms in total. The molecule has 0 aromatic rings. The fraction of sp³-hybridized carbons (Fsp3) is 1.00. The van der Waals surface area contributed by atoms with E-state index in [4.69, 9.17) is 34.6 Å². The number of rotatable bonds is 9. The van der Waals surface area contributed by atoms with Crippen molar-refractivity contribution in [1.82, 2.24) is 0 Å². The van der Waals surface area contributed by atoms with E-state index in [2.05, 4.69) is 4.52 Å². The highest BCUT2D eigenvalue weighted by atomic mass is 31.2. The monoisotopic (exact) mass is 364 g/mol. The Morgan fingerprint density at radius 3 is 2.22 bits per heavy atom. The molecule has 0 amide bonds. The molecule has 0 aromatic carbocycles. The van der Waals surface area contributed by atoms with Gasteiger partial charge in [-0.1, -0.05) is 0 Å². The largest absolute Gasteiger partial charge is 0.470 e. The van der Waals surface area contributed by atoms with Gasteiger partial charge in [-0.25, -0.2) is 4.57 Å². The summed E-state index contributed by atoms with van der Waals surface area (Å²) in [5.41, 5.74) is 0. The Morgan fingerprint density at radius 1 is 1.13 bits per heavy atom. The van der Waals surface area contributed by atoms with E-state index in [1.54, 1.807) is 0 Å². The van der Waals surface area contributed by atoms with Crippen LogP contribution in [0.5, 0.6) is 0 Å². The zero-order chi connectivity index (χ0) is 17.8. The minimum atomic E-state index is -5.00. The number of phosphoric ester groups is 1. The van der Waals surface area contributed by atoms with Crippen LogP contribution in [0.3, 0.4) is 0 Å². The summed E-state index contributed by atoms with van der Waals surface area (Å²) in [6.45, 7) is -2.17. The minimum absolute atomic E-state index is 0.672. The second kappa shape index (κ2) is 8.76. The molecule has 23 heavy (non-hydrogen) atoms. The molecule has 1 aliphatic heterocycles. The van der Waals surface area contributed by atoms with Crippen molar-refractivity contribution in [2.24, 2.45) is 0 Å². The molecule has 1 rings (SSSR count). The summed E-state index contributed by atoms with van der Waals surface area (Å²) >= 11 is 0. The van der Waals surface area contributed by atoms with E-state index in [9.17, 15) is 19.9 Å². The average Bonchev–Trinajstić information content (AvgIpc) is 2.77. The molecule has 1 heterocycles. The van der Waals surface area contributed by atoms with Gasteiger partial charge in [0.2, 0.25) is 0 Å². The van der Waals surface area contributed by atoms with Gasteiger partial charge in [0.15, 0.2) is 6.29 Å². The van der Waals surface area contributed by atoms with Gasteiger partial charge < -0.3 is 49.9 Å². The molecule has 1 fully saturated rings. The minimum Gasteiger partial charge on any atom is -0.394 e. The fourth-order valence-corrected chi connectivity index (χ4v) is 2.46. The van der Waals surface area contributed by atoms with Crippen LogP contribution in [-0.4, -0.2) is 103 Å². The Morgan fingerprint density at radius 2 is 1.74 bits per heavy atom. The maximum atomic E-state index is 10.9. The van der Waals surface area contributed by atoms with Crippen molar-refractivity contribution in [3.8, 4) is 0 Å². The van der Waals surface area contributed by atoms with Crippen molar-refractivity contribution in [2.75, 3.05) is 19.8 Å². The first kappa shape index (κ1) is 20.8. The molecule has 0 aliphatic carbocycles. The van der Waals surface area contributed by atoms with E-state index in [1.165, 1.54) is 0 Å². The third-order valence-corrected chi connectivity index (χ3v) is 3.66. The summed E-state index contributed by atoms with van der Waals surface area (Å²) in [6, 6.07) is 0. The topological polar surface area (TPSA) is 207 Å². The molecule has 7 atom stereocenters. The summed E-state index contributed by atoms with van der Waals surface area (Å²) in [7, 11) is -5.00. The Kier molecular flexibility index (Phi) is 7.93. The lowest BCUT2D eigenvalue weighted by molar-refractivity contribution is -0.192. The van der Waals surface area contributed by atoms with E-state index in [-0.39, 0.29) is 0 Å². The van der Waals surface area contributed by atoms with E-state index >= 15 is 0 Å². The summed E-state index contributed by atoms with van der Waals surface area (Å²) in [6.07, 6.45) is -11.1. The van der Waals surface area contributed by atoms with Crippen LogP contribution in [0.25, 0.3) is 0 Å². The van der Waals surface area contributed by atoms with Crippen molar-refractivity contribution in [2.45, 2.75) is 42.9 Å². The lowest BCUT2D eigenvalue weighted by atomic mass is 10.1. The van der Waals surface area contributed by atoms with E-state index in [0.29, 0.717) is 0 Å². The lowest BCUT2D eigenvalue weighted by Gasteiger charge is -2.25. The number of phosphoric acid groups is 1. The van der Waals surface area contributed by atoms with Crippen molar-refractivity contribution < 1.29 is 59.0 Å². The van der Waals surface area contributed by atoms with E-state index in [1.807, 2.05) is 0 Å². The molecule has 13 heteroatoms. The SMILES string of the molecule is O=P(O)(O)OC1C(O)[C@@H](CO)O[C@H]1OCC(O)C(O)C(O)CO. The van der Waals surface area contributed by atoms with Crippen LogP contribution in [0.4, 0.5) is 0 Å². The third kappa shape index (κ3) is 5.98. The Bertz CT molecular complexity index is 401. The zero-order valence-electron chi connectivity index (χ0n) is 11.8. The average molecular weight is 364 g/mol. The van der Waals surface area contributed by atoms with Crippen molar-refractivity contribution in [3.05, 3.63) is 0 Å². The second-order valence-corrected chi connectivity index (χ2v) is 6.11. The van der Waals surface area contributed by atoms with Crippen LogP contribution in [0.15, 0.2) is 0 Å². The molecule has 0 spiro atoms. The summed E-state index contributed by atoms with van der Waals surface area (Å²) in [5, 5.41) is 55.6. The Balaban J connectivity index is 2.66. The first-order valence-electron chi connectivity index (χ1n) is 6.55. The van der Waals surface area contributed by atoms with Crippen LogP contribution in [0, 0.1) is 0 Å². The molecule has 0 aromatic heterocycles. The quantitative estimate of drug-likeness (QED) is 0.183. The molecule has 1 saturated heterocycles. The van der Waals surface area contributed by atoms with Crippen LogP contribution in [0.1, 0.15) is 0 Å². The fourth-order valence-electron chi connectivity index (χ4n) is 1.91. The van der Waals surface area contributed by atoms with Crippen molar-refractivity contribution in [3.63, 3.8) is 0 Å². The molecular weight excluding hydrogens is 343 g/mol. The molecule has 5 unspecified atom stereocenters. The molecule has 0 bridgehead atoms. The first-order chi connectivity index (χ1) is 10.6. The van der Waals surface area contributed by atoms with E-state index < -0.39 is 70.6 Å². The van der Waals surface area contributed by atoms with Crippen LogP contribution < -0.4 is 0 Å². The Labute approximate surface area is 130 Å². The van der Waals surface area contributed by atoms with Crippen molar-refractivity contribution >= 4 is 7.82 Å². The van der Waals surface area contributed by atoms with Crippen LogP contribution >= 0.6 is 7.82 Å². The van der Waals surface area contributed by atoms with Gasteiger partial charge in [-0.2, -0.15) is 0 Å². The maximum absolute atomic E-state index is 10.9. The highest BCUT2D eigenvalue weighted by Crippen LogP contribution is 2.42. The number of ether oxygens (including phenoxy) is 2. The van der Waals surface area contributed by atoms with Gasteiger partial charge >= 0.3 is 7.82 Å². The standard InChI is InChI=1S/C10H21O12P/c11-1-4(13)7(15)5(14)3-20-10-9(22-23(17,18)19)8(16)6(2-12)21-10/h4-16H,1-3H2,(H2,17,18,19)/t4?,5?,6-,7?,8?,9?,10-/m1/s1. The van der Waals surface area contributed by atoms with Gasteiger partial charge in [0, 0.05) is 0 Å². The number of hydrogen-bond acceptors (Lipinski definition) is 10. The molecule has 0 saturated carbocycles. The van der Waals surface area contributed by atoms with Gasteiger partial charge in [-0.15, -0.1) is 0 Å². The predicted molar refractivity (Wildman–Crippen MR) is 69.7 cm³/mol. The maximum Gasteiger partial charge on any atom is 0.470 e. The molecular formula is C10H21O12P. The van der Waals surface area contributed by atoms with Gasteiger partial charge in [0.1, 0.15) is 36.6 Å². The molecule has 0 radical (unpaired) electrons. The highest BCUT2D eigenvalue weighted by molar-refractivity contribution is 7.46. The van der Waals surface area contributed by atoms with Gasteiger partial charge in [0.25, 0.3) is 0 Å². The second-order valence-electron chi connectivity index (χ2n) is 4.92. The third-order valence-electron chi connectivity index (χ3n) is 3.14. The number of aliphatic hydroxyl groups excluding tert-OH is 6. The smallest absolute Gasteiger partial charge is 0.394 e. The zero-order valence-corrected chi connectivity index (χ0v) is 12.7. The summed E-state index contributed by atoms with van der Waals surface area (Å²) in [4.78, 5) is 17.6. The number of aliphatic hydroxyl groups is 6. The van der Waals surface area contributed by atoms with Crippen LogP contribution in [-0.2, 0) is 18.6 Å².